The summed E-state index contributed by atoms with van der Waals surface area (Å²) in [5.74, 6) is 2.14. The Labute approximate surface area is 247 Å². The molecule has 2 aromatic carbocycles. The van der Waals surface area contributed by atoms with Crippen molar-refractivity contribution in [1.82, 2.24) is 9.89 Å². The van der Waals surface area contributed by atoms with Gasteiger partial charge in [-0.25, -0.2) is 4.58 Å². The molecule has 1 heterocycles. The van der Waals surface area contributed by atoms with Crippen molar-refractivity contribution in [3.63, 3.8) is 0 Å². The highest BCUT2D eigenvalue weighted by Crippen LogP contribution is 2.47. The van der Waals surface area contributed by atoms with E-state index >= 15 is 0 Å². The van der Waals surface area contributed by atoms with Crippen molar-refractivity contribution in [2.45, 2.75) is 19.8 Å². The lowest BCUT2D eigenvalue weighted by Gasteiger charge is -2.27. The van der Waals surface area contributed by atoms with Gasteiger partial charge in [0.25, 0.3) is 0 Å². The summed E-state index contributed by atoms with van der Waals surface area (Å²) >= 11 is 0. The molecule has 42 heavy (non-hydrogen) atoms. The maximum atomic E-state index is 12.1. The largest absolute Gasteiger partial charge is 0.496 e. The van der Waals surface area contributed by atoms with Gasteiger partial charge >= 0.3 is 0 Å². The highest BCUT2D eigenvalue weighted by Gasteiger charge is 2.24. The number of fused-ring (bicyclic) bond motifs is 2. The fourth-order valence-electron chi connectivity index (χ4n) is 5.20. The molecule has 9 heteroatoms. The summed E-state index contributed by atoms with van der Waals surface area (Å²) in [5.41, 5.74) is 5.60. The van der Waals surface area contributed by atoms with Crippen LogP contribution in [0.3, 0.4) is 0 Å². The van der Waals surface area contributed by atoms with Crippen molar-refractivity contribution in [1.29, 1.82) is 0 Å². The first-order valence-electron chi connectivity index (χ1n) is 14.3. The number of benzene rings is 3. The molecule has 0 bridgehead atoms. The second-order valence-electron chi connectivity index (χ2n) is 10.6. The third kappa shape index (κ3) is 6.46. The number of carbonyl (C=O) groups excluding carboxylic acids is 1. The van der Waals surface area contributed by atoms with E-state index in [1.54, 1.807) is 14.2 Å². The van der Waals surface area contributed by atoms with Crippen LogP contribution in [0.2, 0.25) is 0 Å². The summed E-state index contributed by atoms with van der Waals surface area (Å²) in [6, 6.07) is 16.6. The molecule has 1 amide bonds. The van der Waals surface area contributed by atoms with E-state index in [2.05, 4.69) is 63.0 Å². The topological polar surface area (TPSA) is 90.4 Å². The van der Waals surface area contributed by atoms with Crippen LogP contribution in [0.4, 0.5) is 11.4 Å². The minimum absolute atomic E-state index is 0.0656. The van der Waals surface area contributed by atoms with Gasteiger partial charge in [-0.05, 0) is 37.6 Å². The number of rotatable bonds is 12. The predicted molar refractivity (Wildman–Crippen MR) is 170 cm³/mol. The molecule has 0 aromatic heterocycles. The number of amides is 1. The van der Waals surface area contributed by atoms with Crippen molar-refractivity contribution in [2.75, 3.05) is 78.5 Å². The normalized spacial score (nSPS) is 11.0. The molecule has 1 aliphatic carbocycles. The molecule has 2 aromatic rings. The first kappa shape index (κ1) is 30.7. The van der Waals surface area contributed by atoms with Crippen LogP contribution in [-0.4, -0.2) is 79.7 Å². The van der Waals surface area contributed by atoms with Gasteiger partial charge in [0, 0.05) is 86.1 Å². The molecule has 4 rings (SSSR count). The highest BCUT2D eigenvalue weighted by atomic mass is 16.5. The average molecular weight is 576 g/mol. The zero-order valence-electron chi connectivity index (χ0n) is 25.8. The smallest absolute Gasteiger partial charge is 0.220 e. The van der Waals surface area contributed by atoms with Crippen LogP contribution in [0.5, 0.6) is 11.5 Å². The summed E-state index contributed by atoms with van der Waals surface area (Å²) < 4.78 is 20.5. The van der Waals surface area contributed by atoms with Crippen molar-refractivity contribution in [2.24, 2.45) is 0 Å². The number of carbonyl (C=O) groups is 1. The van der Waals surface area contributed by atoms with E-state index in [0.717, 1.165) is 56.7 Å². The number of nitrogens with one attached hydrogen (secondary N) is 1. The van der Waals surface area contributed by atoms with Gasteiger partial charge in [-0.1, -0.05) is 0 Å². The number of hydrogen-bond acceptors (Lipinski definition) is 7. The molecule has 224 valence electrons. The Bertz CT molecular complexity index is 1590. The molecule has 0 spiro atoms. The van der Waals surface area contributed by atoms with Crippen molar-refractivity contribution < 1.29 is 23.8 Å². The van der Waals surface area contributed by atoms with Crippen LogP contribution < -0.4 is 34.5 Å². The van der Waals surface area contributed by atoms with Gasteiger partial charge in [0.05, 0.1) is 32.6 Å². The maximum Gasteiger partial charge on any atom is 0.220 e. The van der Waals surface area contributed by atoms with Gasteiger partial charge in [-0.3, -0.25) is 4.79 Å². The maximum absolute atomic E-state index is 12.1. The van der Waals surface area contributed by atoms with Crippen LogP contribution in [0.25, 0.3) is 33.4 Å². The van der Waals surface area contributed by atoms with E-state index in [1.807, 2.05) is 40.3 Å². The third-order valence-electron chi connectivity index (χ3n) is 7.48. The first-order valence-corrected chi connectivity index (χ1v) is 14.3. The van der Waals surface area contributed by atoms with E-state index in [4.69, 9.17) is 19.0 Å². The van der Waals surface area contributed by atoms with E-state index in [9.17, 15) is 4.79 Å². The van der Waals surface area contributed by atoms with Gasteiger partial charge in [-0.15, -0.1) is 0 Å². The lowest BCUT2D eigenvalue weighted by Crippen LogP contribution is -2.29. The Morgan fingerprint density at radius 1 is 1.00 bits per heavy atom. The molecule has 0 atom stereocenters. The van der Waals surface area contributed by atoms with Crippen molar-refractivity contribution in [3.8, 4) is 33.9 Å². The third-order valence-corrected chi connectivity index (χ3v) is 7.48. The summed E-state index contributed by atoms with van der Waals surface area (Å²) in [7, 11) is 11.4. The second kappa shape index (κ2) is 13.6. The molecule has 0 saturated carbocycles. The van der Waals surface area contributed by atoms with Gasteiger partial charge in [-0.2, -0.15) is 0 Å². The summed E-state index contributed by atoms with van der Waals surface area (Å²) in [6.07, 6.45) is 1.04. The Hall–Kier alpha value is -4.24. The minimum atomic E-state index is -0.0666. The number of anilines is 2. The van der Waals surface area contributed by atoms with Crippen LogP contribution in [0.15, 0.2) is 52.9 Å². The van der Waals surface area contributed by atoms with Crippen molar-refractivity contribution in [3.05, 3.63) is 53.9 Å². The molecule has 0 saturated heterocycles. The number of hydrogen-bond donors (Lipinski definition) is 2. The summed E-state index contributed by atoms with van der Waals surface area (Å²) in [4.78, 5) is 16.3. The van der Waals surface area contributed by atoms with Crippen LogP contribution >= 0.6 is 0 Å². The zero-order valence-corrected chi connectivity index (χ0v) is 25.8. The Morgan fingerprint density at radius 3 is 2.40 bits per heavy atom. The summed E-state index contributed by atoms with van der Waals surface area (Å²) in [5, 5.41) is 13.7. The highest BCUT2D eigenvalue weighted by molar-refractivity contribution is 6.04. The number of aliphatic hydroxyl groups excluding tert-OH is 1. The minimum Gasteiger partial charge on any atom is -0.496 e. The Balaban J connectivity index is 1.87. The monoisotopic (exact) mass is 575 g/mol. The molecule has 2 aliphatic rings. The van der Waals surface area contributed by atoms with Gasteiger partial charge < -0.3 is 34.1 Å². The summed E-state index contributed by atoms with van der Waals surface area (Å²) in [6.45, 7) is 3.68. The SMILES string of the molecule is CCN(CCCC(=O)NCCO)c1cc(OC)c(-c2c3ccc(=[N+](C)C)cc-3oc3cc(N(C)C)ccc23)cc1OC. The Kier molecular flexibility index (Phi) is 9.96. The number of nitrogens with zero attached hydrogens (tertiary/aromatic N) is 3. The van der Waals surface area contributed by atoms with E-state index in [-0.39, 0.29) is 19.1 Å². The first-order chi connectivity index (χ1) is 20.2. The second-order valence-corrected chi connectivity index (χ2v) is 10.6. The molecule has 0 unspecified atom stereocenters. The average Bonchev–Trinajstić information content (AvgIpc) is 2.99. The van der Waals surface area contributed by atoms with Gasteiger partial charge in [0.15, 0.2) is 0 Å². The lowest BCUT2D eigenvalue weighted by atomic mass is 9.92. The molecular weight excluding hydrogens is 532 g/mol. The number of methoxy groups -OCH3 is 2. The molecule has 1 aliphatic heterocycles. The van der Waals surface area contributed by atoms with E-state index in [1.165, 1.54) is 0 Å². The number of ether oxygens (including phenoxy) is 2. The van der Waals surface area contributed by atoms with Gasteiger partial charge in [0.1, 0.15) is 36.9 Å². The van der Waals surface area contributed by atoms with Gasteiger partial charge in [0.2, 0.25) is 11.3 Å². The van der Waals surface area contributed by atoms with Crippen LogP contribution in [-0.2, 0) is 4.79 Å². The standard InChI is InChI=1S/C33H42N4O5/c1-8-37(16-9-10-32(39)34-15-17-38)27-21-28(40-6)26(20-31(27)41-7)33-24-13-11-22(35(2)3)18-29(24)42-30-19-23(36(4)5)12-14-25(30)33/h11-14,18-21,38H,8-10,15-17H2,1-7H3/p+1. The molecule has 0 radical (unpaired) electrons. The van der Waals surface area contributed by atoms with E-state index in [0.29, 0.717) is 30.9 Å². The quantitative estimate of drug-likeness (QED) is 0.195. The van der Waals surface area contributed by atoms with E-state index < -0.39 is 0 Å². The predicted octanol–water partition coefficient (Wildman–Crippen LogP) is 4.03. The Morgan fingerprint density at radius 2 is 1.76 bits per heavy atom. The lowest BCUT2D eigenvalue weighted by molar-refractivity contribution is -0.121. The molecule has 9 nitrogen and oxygen atoms in total. The number of aliphatic hydroxyl groups is 1. The fraction of sp³-hybridized carbons (Fsp3) is 0.394. The molecular formula is C33H43N4O5+. The fourth-order valence-corrected chi connectivity index (χ4v) is 5.20. The molecule has 0 fully saturated rings. The molecule has 2 N–H and O–H groups in total. The zero-order chi connectivity index (χ0) is 30.4. The van der Waals surface area contributed by atoms with Crippen LogP contribution in [0, 0.1) is 0 Å². The van der Waals surface area contributed by atoms with Crippen molar-refractivity contribution >= 4 is 28.3 Å². The van der Waals surface area contributed by atoms with Crippen LogP contribution in [0.1, 0.15) is 19.8 Å².